The number of hydrogen-bond donors (Lipinski definition) is 5. The highest BCUT2D eigenvalue weighted by atomic mass is 16.4. The Morgan fingerprint density at radius 1 is 0.950 bits per heavy atom. The van der Waals surface area contributed by atoms with Gasteiger partial charge in [-0.15, -0.1) is 0 Å². The number of amides is 3. The van der Waals surface area contributed by atoms with E-state index in [4.69, 9.17) is 10.8 Å². The van der Waals surface area contributed by atoms with Crippen molar-refractivity contribution in [3.63, 3.8) is 0 Å². The Morgan fingerprint density at radius 3 is 1.85 bits per heavy atom. The second-order valence-corrected chi connectivity index (χ2v) is 4.36. The van der Waals surface area contributed by atoms with E-state index in [9.17, 15) is 19.2 Å². The molecule has 0 aromatic rings. The molecule has 0 heterocycles. The van der Waals surface area contributed by atoms with Gasteiger partial charge in [-0.1, -0.05) is 0 Å². The summed E-state index contributed by atoms with van der Waals surface area (Å²) in [6, 6.07) is -2.53. The minimum atomic E-state index is -1.19. The van der Waals surface area contributed by atoms with Crippen molar-refractivity contribution in [3.05, 3.63) is 0 Å². The van der Waals surface area contributed by atoms with Gasteiger partial charge in [0.25, 0.3) is 0 Å². The van der Waals surface area contributed by atoms with E-state index in [0.717, 1.165) is 0 Å². The lowest BCUT2D eigenvalue weighted by molar-refractivity contribution is -0.138. The lowest BCUT2D eigenvalue weighted by Crippen LogP contribution is -2.53. The fraction of sp³-hybridized carbons (Fsp3) is 0.636. The minimum absolute atomic E-state index is 0.490. The number of nitrogens with two attached hydrogens (primary N) is 1. The van der Waals surface area contributed by atoms with Crippen LogP contribution in [0.15, 0.2) is 0 Å². The van der Waals surface area contributed by atoms with E-state index < -0.39 is 48.4 Å². The fourth-order valence-electron chi connectivity index (χ4n) is 1.13. The molecule has 0 radical (unpaired) electrons. The topological polar surface area (TPSA) is 151 Å². The third-order valence-corrected chi connectivity index (χ3v) is 2.33. The van der Waals surface area contributed by atoms with E-state index >= 15 is 0 Å². The number of carbonyl (C=O) groups is 4. The van der Waals surface area contributed by atoms with Crippen LogP contribution in [0.4, 0.5) is 0 Å². The number of aliphatic carboxylic acids is 1. The van der Waals surface area contributed by atoms with Crippen LogP contribution in [0.1, 0.15) is 20.8 Å². The van der Waals surface area contributed by atoms with Crippen LogP contribution in [0.5, 0.6) is 0 Å². The maximum Gasteiger partial charge on any atom is 0.322 e. The summed E-state index contributed by atoms with van der Waals surface area (Å²) in [7, 11) is 0. The number of carboxylic acid groups (broad SMARTS) is 1. The fourth-order valence-corrected chi connectivity index (χ4v) is 1.13. The molecule has 0 unspecified atom stereocenters. The summed E-state index contributed by atoms with van der Waals surface area (Å²) in [5, 5.41) is 15.2. The highest BCUT2D eigenvalue weighted by Crippen LogP contribution is 1.89. The Balaban J connectivity index is 4.27. The summed E-state index contributed by atoms with van der Waals surface area (Å²) in [5.41, 5.74) is 5.34. The van der Waals surface area contributed by atoms with Gasteiger partial charge < -0.3 is 26.8 Å². The molecule has 0 saturated heterocycles. The SMILES string of the molecule is C[C@H](N)C(=O)N[C@@H](C)C(=O)N[C@@H](C)C(=O)NCC(=O)O. The first-order valence-corrected chi connectivity index (χ1v) is 6.01. The van der Waals surface area contributed by atoms with Crippen molar-refractivity contribution < 1.29 is 24.3 Å². The first-order valence-electron chi connectivity index (χ1n) is 6.01. The zero-order valence-corrected chi connectivity index (χ0v) is 11.6. The Bertz CT molecular complexity index is 396. The largest absolute Gasteiger partial charge is 0.480 e. The molecule has 0 fully saturated rings. The van der Waals surface area contributed by atoms with Crippen LogP contribution in [0.2, 0.25) is 0 Å². The Labute approximate surface area is 116 Å². The van der Waals surface area contributed by atoms with Crippen LogP contribution in [0.3, 0.4) is 0 Å². The van der Waals surface area contributed by atoms with Gasteiger partial charge >= 0.3 is 5.97 Å². The summed E-state index contributed by atoms with van der Waals surface area (Å²) >= 11 is 0. The van der Waals surface area contributed by atoms with Gasteiger partial charge in [0.2, 0.25) is 17.7 Å². The Hall–Kier alpha value is -2.16. The molecule has 0 aromatic heterocycles. The number of rotatable bonds is 7. The highest BCUT2D eigenvalue weighted by Gasteiger charge is 2.21. The zero-order valence-electron chi connectivity index (χ0n) is 11.6. The van der Waals surface area contributed by atoms with Crippen LogP contribution in [0, 0.1) is 0 Å². The Kier molecular flexibility index (Phi) is 7.22. The molecule has 0 aliphatic carbocycles. The third kappa shape index (κ3) is 6.69. The van der Waals surface area contributed by atoms with E-state index in [1.54, 1.807) is 0 Å². The standard InChI is InChI=1S/C11H20N4O5/c1-5(12)9(18)14-7(3)11(20)15-6(2)10(19)13-4-8(16)17/h5-7H,4,12H2,1-3H3,(H,13,19)(H,14,18)(H,15,20)(H,16,17)/t5-,6-,7-/m0/s1. The monoisotopic (exact) mass is 288 g/mol. The van der Waals surface area contributed by atoms with Gasteiger partial charge in [-0.05, 0) is 20.8 Å². The van der Waals surface area contributed by atoms with Gasteiger partial charge in [0.1, 0.15) is 18.6 Å². The van der Waals surface area contributed by atoms with Gasteiger partial charge in [0.15, 0.2) is 0 Å². The molecule has 0 saturated carbocycles. The molecular weight excluding hydrogens is 268 g/mol. The van der Waals surface area contributed by atoms with E-state index in [1.807, 2.05) is 0 Å². The van der Waals surface area contributed by atoms with E-state index in [2.05, 4.69) is 16.0 Å². The second kappa shape index (κ2) is 8.10. The zero-order chi connectivity index (χ0) is 15.9. The van der Waals surface area contributed by atoms with E-state index in [0.29, 0.717) is 0 Å². The highest BCUT2D eigenvalue weighted by molar-refractivity contribution is 5.93. The predicted molar refractivity (Wildman–Crippen MR) is 69.5 cm³/mol. The molecule has 3 atom stereocenters. The van der Waals surface area contributed by atoms with Crippen LogP contribution in [0.25, 0.3) is 0 Å². The van der Waals surface area contributed by atoms with Crippen molar-refractivity contribution in [3.8, 4) is 0 Å². The van der Waals surface area contributed by atoms with Crippen molar-refractivity contribution in [2.45, 2.75) is 38.9 Å². The molecule has 0 aliphatic rings. The first-order chi connectivity index (χ1) is 9.15. The minimum Gasteiger partial charge on any atom is -0.480 e. The third-order valence-electron chi connectivity index (χ3n) is 2.33. The van der Waals surface area contributed by atoms with Crippen LogP contribution < -0.4 is 21.7 Å². The normalized spacial score (nSPS) is 14.6. The number of carbonyl (C=O) groups excluding carboxylic acids is 3. The van der Waals surface area contributed by atoms with Crippen molar-refractivity contribution in [2.24, 2.45) is 5.73 Å². The molecule has 114 valence electrons. The average Bonchev–Trinajstić information content (AvgIpc) is 2.35. The summed E-state index contributed by atoms with van der Waals surface area (Å²) in [4.78, 5) is 44.7. The molecule has 3 amide bonds. The van der Waals surface area contributed by atoms with Gasteiger partial charge in [0.05, 0.1) is 6.04 Å². The van der Waals surface area contributed by atoms with Crippen LogP contribution >= 0.6 is 0 Å². The molecule has 6 N–H and O–H groups in total. The van der Waals surface area contributed by atoms with Crippen LogP contribution in [-0.2, 0) is 19.2 Å². The summed E-state index contributed by atoms with van der Waals surface area (Å²) < 4.78 is 0. The van der Waals surface area contributed by atoms with Crippen molar-refractivity contribution in [1.29, 1.82) is 0 Å². The number of nitrogens with one attached hydrogen (secondary N) is 3. The van der Waals surface area contributed by atoms with Crippen molar-refractivity contribution >= 4 is 23.7 Å². The molecule has 0 aromatic carbocycles. The second-order valence-electron chi connectivity index (χ2n) is 4.36. The van der Waals surface area contributed by atoms with Crippen LogP contribution in [-0.4, -0.2) is 53.5 Å². The molecule has 0 bridgehead atoms. The lowest BCUT2D eigenvalue weighted by atomic mass is 10.2. The quantitative estimate of drug-likeness (QED) is 0.350. The van der Waals surface area contributed by atoms with Crippen molar-refractivity contribution in [2.75, 3.05) is 6.54 Å². The smallest absolute Gasteiger partial charge is 0.322 e. The van der Waals surface area contributed by atoms with Gasteiger partial charge in [-0.2, -0.15) is 0 Å². The number of carboxylic acids is 1. The average molecular weight is 288 g/mol. The molecule has 9 nitrogen and oxygen atoms in total. The van der Waals surface area contributed by atoms with E-state index in [-0.39, 0.29) is 0 Å². The van der Waals surface area contributed by atoms with Crippen molar-refractivity contribution in [1.82, 2.24) is 16.0 Å². The summed E-state index contributed by atoms with van der Waals surface area (Å²) in [6.07, 6.45) is 0. The number of hydrogen-bond acceptors (Lipinski definition) is 5. The van der Waals surface area contributed by atoms with E-state index in [1.165, 1.54) is 20.8 Å². The lowest BCUT2D eigenvalue weighted by Gasteiger charge is -2.18. The summed E-state index contributed by atoms with van der Waals surface area (Å²) in [6.45, 7) is 3.78. The van der Waals surface area contributed by atoms with Gasteiger partial charge in [-0.3, -0.25) is 19.2 Å². The molecule has 0 rings (SSSR count). The molecular formula is C11H20N4O5. The Morgan fingerprint density at radius 2 is 1.40 bits per heavy atom. The molecule has 0 spiro atoms. The summed E-state index contributed by atoms with van der Waals surface area (Å²) in [5.74, 6) is -2.88. The predicted octanol–water partition coefficient (Wildman–Crippen LogP) is -2.46. The van der Waals surface area contributed by atoms with Gasteiger partial charge in [-0.25, -0.2) is 0 Å². The maximum absolute atomic E-state index is 11.7. The first kappa shape index (κ1) is 17.8. The molecule has 20 heavy (non-hydrogen) atoms. The van der Waals surface area contributed by atoms with Gasteiger partial charge in [0, 0.05) is 0 Å². The molecule has 9 heteroatoms. The molecule has 0 aliphatic heterocycles. The maximum atomic E-state index is 11.7.